The van der Waals surface area contributed by atoms with Crippen molar-refractivity contribution in [2.24, 2.45) is 38.7 Å². The van der Waals surface area contributed by atoms with Gasteiger partial charge >= 0.3 is 24.3 Å². The second-order valence-corrected chi connectivity index (χ2v) is 22.1. The number of amides is 6. The number of aliphatic carboxylic acids is 2. The average Bonchev–Trinajstić information content (AvgIpc) is 3.49. The Labute approximate surface area is 519 Å². The van der Waals surface area contributed by atoms with Gasteiger partial charge in [0.15, 0.2) is 11.9 Å². The molecule has 0 unspecified atom stereocenters. The van der Waals surface area contributed by atoms with E-state index in [1.165, 1.54) is 154 Å². The number of guanidine groups is 2. The maximum Gasteiger partial charge on any atom is 0.490 e. The van der Waals surface area contributed by atoms with Gasteiger partial charge in [0.2, 0.25) is 35.4 Å². The van der Waals surface area contributed by atoms with Gasteiger partial charge in [0.1, 0.15) is 12.1 Å². The summed E-state index contributed by atoms with van der Waals surface area (Å²) in [4.78, 5) is 105. The third-order valence-electron chi connectivity index (χ3n) is 14.0. The van der Waals surface area contributed by atoms with Crippen LogP contribution in [-0.2, 0) is 38.4 Å². The Morgan fingerprint density at radius 3 is 0.989 bits per heavy atom. The molecule has 6 amide bonds. The lowest BCUT2D eigenvalue weighted by atomic mass is 10.0. The van der Waals surface area contributed by atoms with E-state index in [1.807, 2.05) is 0 Å². The van der Waals surface area contributed by atoms with Crippen LogP contribution < -0.4 is 49.9 Å². The van der Waals surface area contributed by atoms with Crippen LogP contribution in [0.25, 0.3) is 0 Å². The Balaban J connectivity index is -0.00000456. The van der Waals surface area contributed by atoms with Crippen molar-refractivity contribution in [3.63, 3.8) is 0 Å². The molecular weight excluding hydrogens is 1160 g/mol. The second-order valence-electron chi connectivity index (χ2n) is 22.1. The molecule has 0 saturated carbocycles. The number of nitrogens with zero attached hydrogens (tertiary/aromatic N) is 3. The summed E-state index contributed by atoms with van der Waals surface area (Å²) in [7, 11) is 0. The van der Waals surface area contributed by atoms with Crippen LogP contribution >= 0.6 is 0 Å². The van der Waals surface area contributed by atoms with Crippen LogP contribution in [0.3, 0.4) is 0 Å². The largest absolute Gasteiger partial charge is 0.490 e. The third kappa shape index (κ3) is 60.2. The van der Waals surface area contributed by atoms with E-state index in [4.69, 9.17) is 48.5 Å². The Kier molecular flexibility index (Phi) is 56.1. The number of carbonyl (C=O) groups excluding carboxylic acids is 6. The highest BCUT2D eigenvalue weighted by Gasteiger charge is 2.39. The zero-order valence-corrected chi connectivity index (χ0v) is 52.9. The minimum atomic E-state index is -5.08. The van der Waals surface area contributed by atoms with Crippen molar-refractivity contribution < 1.29 is 74.9 Å². The molecule has 0 aliphatic carbocycles. The van der Waals surface area contributed by atoms with Gasteiger partial charge in [0.25, 0.3) is 0 Å². The van der Waals surface area contributed by atoms with Crippen molar-refractivity contribution in [1.82, 2.24) is 26.2 Å². The Morgan fingerprint density at radius 1 is 0.409 bits per heavy atom. The zero-order valence-electron chi connectivity index (χ0n) is 52.9. The van der Waals surface area contributed by atoms with Gasteiger partial charge in [0, 0.05) is 65.0 Å². The fourth-order valence-corrected chi connectivity index (χ4v) is 8.99. The van der Waals surface area contributed by atoms with E-state index < -0.39 is 54.1 Å². The number of nitrogens with two attached hydrogens (primary N) is 5. The van der Waals surface area contributed by atoms with Crippen molar-refractivity contribution in [3.8, 4) is 0 Å². The molecule has 0 rings (SSSR count). The molecule has 0 saturated heterocycles. The van der Waals surface area contributed by atoms with E-state index in [0.29, 0.717) is 25.7 Å². The number of nitrogens with one attached hydrogen (secondary N) is 4. The summed E-state index contributed by atoms with van der Waals surface area (Å²) in [5.41, 5.74) is 27.3. The molecular formula is C60H112F6N12O10. The second kappa shape index (κ2) is 57.3. The SMILES string of the molecule is CCCCCCCCCCCCCCCCCC(=O)NCCN(CCNC(=O)CCCCCCCCCCCCCCCCC)C(=O)CCC(=O)N[C@@H](CCCN=C(N)N)C(=O)N[C@@H](CCCN=C(N)N)C(N)=O.O=C(O)C(F)(F)F.O=C(O)C(F)(F)F. The molecule has 0 radical (unpaired) electrons. The zero-order chi connectivity index (χ0) is 66.9. The topological polar surface area (TPSA) is 383 Å². The smallest absolute Gasteiger partial charge is 0.475 e. The molecule has 514 valence electrons. The average molecular weight is 1280 g/mol. The lowest BCUT2D eigenvalue weighted by Gasteiger charge is -2.24. The monoisotopic (exact) mass is 1270 g/mol. The lowest BCUT2D eigenvalue weighted by Crippen LogP contribution is -2.53. The molecule has 16 N–H and O–H groups in total. The lowest BCUT2D eigenvalue weighted by molar-refractivity contribution is -0.193. The first-order valence-electron chi connectivity index (χ1n) is 32.1. The maximum atomic E-state index is 13.7. The Hall–Kier alpha value is -6.12. The molecule has 0 aromatic heterocycles. The number of halogens is 6. The van der Waals surface area contributed by atoms with Gasteiger partial charge in [-0.3, -0.25) is 38.8 Å². The van der Waals surface area contributed by atoms with Crippen molar-refractivity contribution in [1.29, 1.82) is 0 Å². The highest BCUT2D eigenvalue weighted by atomic mass is 19.4. The quantitative estimate of drug-likeness (QED) is 0.0117. The summed E-state index contributed by atoms with van der Waals surface area (Å²) in [5, 5.41) is 25.5. The van der Waals surface area contributed by atoms with E-state index in [2.05, 4.69) is 45.1 Å². The van der Waals surface area contributed by atoms with E-state index in [1.54, 1.807) is 4.90 Å². The Bertz CT molecular complexity index is 1850. The molecule has 2 atom stereocenters. The van der Waals surface area contributed by atoms with Gasteiger partial charge in [-0.25, -0.2) is 9.59 Å². The van der Waals surface area contributed by atoms with Crippen molar-refractivity contribution in [2.75, 3.05) is 39.3 Å². The molecule has 88 heavy (non-hydrogen) atoms. The molecule has 28 heteroatoms. The number of unbranched alkanes of at least 4 members (excludes halogenated alkanes) is 28. The van der Waals surface area contributed by atoms with Crippen molar-refractivity contribution >= 4 is 59.3 Å². The fraction of sp³-hybridized carbons (Fsp3) is 0.833. The molecule has 0 aromatic rings. The van der Waals surface area contributed by atoms with Crippen LogP contribution in [0, 0.1) is 0 Å². The number of carboxylic acid groups (broad SMARTS) is 2. The molecule has 0 fully saturated rings. The Morgan fingerprint density at radius 2 is 0.705 bits per heavy atom. The molecule has 0 spiro atoms. The minimum absolute atomic E-state index is 0.0697. The highest BCUT2D eigenvalue weighted by Crippen LogP contribution is 2.17. The summed E-state index contributed by atoms with van der Waals surface area (Å²) in [5.74, 6) is -8.17. The van der Waals surface area contributed by atoms with Gasteiger partial charge in [-0.1, -0.05) is 194 Å². The van der Waals surface area contributed by atoms with Crippen molar-refractivity contribution in [3.05, 3.63) is 0 Å². The van der Waals surface area contributed by atoms with Crippen LogP contribution in [0.2, 0.25) is 0 Å². The number of carbonyl (C=O) groups is 8. The van der Waals surface area contributed by atoms with Crippen LogP contribution in [0.4, 0.5) is 26.3 Å². The van der Waals surface area contributed by atoms with E-state index >= 15 is 0 Å². The molecule has 22 nitrogen and oxygen atoms in total. The molecule has 0 aromatic carbocycles. The molecule has 0 bridgehead atoms. The highest BCUT2D eigenvalue weighted by molar-refractivity contribution is 5.92. The van der Waals surface area contributed by atoms with Crippen LogP contribution in [0.1, 0.15) is 258 Å². The van der Waals surface area contributed by atoms with Crippen molar-refractivity contribution in [2.45, 2.75) is 282 Å². The standard InChI is InChI=1S/C56H110N12O6.2C2HF3O2/c1-3-5-7-9-11-13-15-17-19-21-23-25-27-29-31-37-49(69)62-43-45-68(46-44-63-50(70)38-32-30-28-26-24-22-20-18-16-14-12-10-8-6-4-2)52(72)40-39-51(71)66-48(36-34-42-65-56(60)61)54(74)67-47(53(57)73)35-33-41-64-55(58)59;2*3-2(4,5)1(6)7/h47-48H,3-46H2,1-2H3,(H2,57,73)(H,62,69)(H,63,70)(H,66,71)(H,67,74)(H4,58,59,64)(H4,60,61,65);2*(H,6,7)/t47-,48-;;/m0../s1. The fourth-order valence-electron chi connectivity index (χ4n) is 8.99. The van der Waals surface area contributed by atoms with Gasteiger partial charge in [0.05, 0.1) is 0 Å². The summed E-state index contributed by atoms with van der Waals surface area (Å²) >= 11 is 0. The summed E-state index contributed by atoms with van der Waals surface area (Å²) in [6, 6.07) is -2.12. The van der Waals surface area contributed by atoms with E-state index in [-0.39, 0.29) is 94.6 Å². The van der Waals surface area contributed by atoms with Gasteiger partial charge < -0.3 is 65.0 Å². The maximum absolute atomic E-state index is 13.7. The number of rotatable bonds is 53. The number of alkyl halides is 6. The summed E-state index contributed by atoms with van der Waals surface area (Å²) in [6.07, 6.45) is 28.8. The molecule has 0 aliphatic heterocycles. The van der Waals surface area contributed by atoms with E-state index in [9.17, 15) is 55.1 Å². The van der Waals surface area contributed by atoms with Crippen LogP contribution in [0.15, 0.2) is 9.98 Å². The van der Waals surface area contributed by atoms with Crippen LogP contribution in [0.5, 0.6) is 0 Å². The first-order chi connectivity index (χ1) is 41.7. The number of aliphatic imine (C=N–C) groups is 2. The summed E-state index contributed by atoms with van der Waals surface area (Å²) in [6.45, 7) is 5.79. The summed E-state index contributed by atoms with van der Waals surface area (Å²) < 4.78 is 63.5. The minimum Gasteiger partial charge on any atom is -0.475 e. The van der Waals surface area contributed by atoms with E-state index in [0.717, 1.165) is 38.5 Å². The number of primary amides is 1. The number of carboxylic acids is 2. The first kappa shape index (κ1) is 86.1. The molecule has 0 heterocycles. The van der Waals surface area contributed by atoms with Crippen LogP contribution in [-0.4, -0.2) is 138 Å². The number of hydrogen-bond donors (Lipinski definition) is 11. The third-order valence-corrected chi connectivity index (χ3v) is 14.0. The predicted octanol–water partition coefficient (Wildman–Crippen LogP) is 9.18. The van der Waals surface area contributed by atoms with Gasteiger partial charge in [-0.15, -0.1) is 0 Å². The first-order valence-corrected chi connectivity index (χ1v) is 32.1. The number of hydrogen-bond acceptors (Lipinski definition) is 10. The van der Waals surface area contributed by atoms with Gasteiger partial charge in [-0.2, -0.15) is 26.3 Å². The normalized spacial score (nSPS) is 11.7. The molecule has 0 aliphatic rings. The predicted molar refractivity (Wildman–Crippen MR) is 331 cm³/mol. The van der Waals surface area contributed by atoms with Gasteiger partial charge in [-0.05, 0) is 38.5 Å².